The average Bonchev–Trinajstić information content (AvgIpc) is 2.97. The van der Waals surface area contributed by atoms with Crippen LogP contribution in [0.1, 0.15) is 22.8 Å². The van der Waals surface area contributed by atoms with Gasteiger partial charge in [-0.2, -0.15) is 0 Å². The van der Waals surface area contributed by atoms with E-state index in [9.17, 15) is 19.8 Å². The molecule has 1 atom stereocenters. The summed E-state index contributed by atoms with van der Waals surface area (Å²) in [5.74, 6) is -0.0714. The number of ether oxygens (including phenoxy) is 2. The highest BCUT2D eigenvalue weighted by molar-refractivity contribution is 7.99. The molecule has 0 amide bonds. The van der Waals surface area contributed by atoms with Crippen molar-refractivity contribution in [1.82, 2.24) is 9.55 Å². The molecule has 3 aromatic rings. The van der Waals surface area contributed by atoms with Crippen molar-refractivity contribution >= 4 is 23.2 Å². The minimum atomic E-state index is -0.718. The summed E-state index contributed by atoms with van der Waals surface area (Å²) >= 11 is 1.52. The number of fused-ring (bicyclic) bond motifs is 1. The van der Waals surface area contributed by atoms with Crippen LogP contribution < -0.4 is 20.7 Å². The first-order chi connectivity index (χ1) is 15.3. The van der Waals surface area contributed by atoms with Gasteiger partial charge in [0.25, 0.3) is 5.56 Å². The molecule has 0 saturated heterocycles. The number of benzene rings is 2. The second kappa shape index (κ2) is 8.46. The topological polar surface area (TPSA) is 126 Å². The van der Waals surface area contributed by atoms with E-state index in [1.165, 1.54) is 33.0 Å². The van der Waals surface area contributed by atoms with E-state index in [1.54, 1.807) is 12.1 Å². The monoisotopic (exact) mass is 455 g/mol. The van der Waals surface area contributed by atoms with E-state index in [0.717, 1.165) is 15.0 Å². The second-order valence-electron chi connectivity index (χ2n) is 7.13. The zero-order valence-corrected chi connectivity index (χ0v) is 18.4. The van der Waals surface area contributed by atoms with Gasteiger partial charge < -0.3 is 19.7 Å². The molecule has 3 N–H and O–H groups in total. The summed E-state index contributed by atoms with van der Waals surface area (Å²) < 4.78 is 11.6. The summed E-state index contributed by atoms with van der Waals surface area (Å²) in [6, 6.07) is 10.9. The standard InChI is InChI=1S/C22H21N3O6S/c1-25-21(28)18(20(27)24-22(25)29)13-10-17(32-16-7-5-4-6-12(16)23-13)11-8-14(30-2)19(26)15(9-11)31-3/h4-9,17,26,28H,10H2,1-3H3,(H,24,27,29)/t17-/m1/s1. The highest BCUT2D eigenvalue weighted by Gasteiger charge is 2.28. The molecule has 0 saturated carbocycles. The molecule has 0 bridgehead atoms. The molecule has 9 nitrogen and oxygen atoms in total. The van der Waals surface area contributed by atoms with Crippen molar-refractivity contribution in [3.63, 3.8) is 0 Å². The SMILES string of the molecule is COc1cc([C@H]2CC(c3c(O)n(C)c(=O)[nH]c3=O)=Nc3ccccc3S2)cc(OC)c1O. The Hall–Kier alpha value is -3.66. The van der Waals surface area contributed by atoms with Crippen molar-refractivity contribution in [2.24, 2.45) is 12.0 Å². The van der Waals surface area contributed by atoms with E-state index in [4.69, 9.17) is 9.47 Å². The van der Waals surface area contributed by atoms with Crippen LogP contribution in [0.3, 0.4) is 0 Å². The van der Waals surface area contributed by atoms with Crippen LogP contribution in [-0.4, -0.2) is 39.7 Å². The largest absolute Gasteiger partial charge is 0.502 e. The Morgan fingerprint density at radius 1 is 1.12 bits per heavy atom. The van der Waals surface area contributed by atoms with Gasteiger partial charge >= 0.3 is 5.69 Å². The predicted octanol–water partition coefficient (Wildman–Crippen LogP) is 2.86. The van der Waals surface area contributed by atoms with Crippen molar-refractivity contribution < 1.29 is 19.7 Å². The lowest BCUT2D eigenvalue weighted by atomic mass is 10.0. The minimum Gasteiger partial charge on any atom is -0.502 e. The van der Waals surface area contributed by atoms with E-state index < -0.39 is 17.1 Å². The molecular formula is C22H21N3O6S. The Kier molecular flexibility index (Phi) is 5.70. The number of aromatic hydroxyl groups is 2. The molecule has 2 heterocycles. The number of para-hydroxylation sites is 1. The van der Waals surface area contributed by atoms with E-state index in [0.29, 0.717) is 11.4 Å². The molecule has 1 aromatic heterocycles. The molecule has 0 aliphatic carbocycles. The predicted molar refractivity (Wildman–Crippen MR) is 121 cm³/mol. The molecule has 166 valence electrons. The molecule has 0 fully saturated rings. The van der Waals surface area contributed by atoms with Crippen LogP contribution in [0, 0.1) is 0 Å². The number of nitrogens with zero attached hydrogens (tertiary/aromatic N) is 2. The normalized spacial score (nSPS) is 15.5. The van der Waals surface area contributed by atoms with Gasteiger partial charge in [0, 0.05) is 23.6 Å². The van der Waals surface area contributed by atoms with Gasteiger partial charge in [-0.3, -0.25) is 19.3 Å². The lowest BCUT2D eigenvalue weighted by molar-refractivity contribution is 0.339. The van der Waals surface area contributed by atoms with Gasteiger partial charge in [0.15, 0.2) is 11.5 Å². The molecular weight excluding hydrogens is 434 g/mol. The number of thioether (sulfide) groups is 1. The summed E-state index contributed by atoms with van der Waals surface area (Å²) in [4.78, 5) is 32.3. The fraction of sp³-hybridized carbons (Fsp3) is 0.227. The Bertz CT molecular complexity index is 1320. The Morgan fingerprint density at radius 3 is 2.44 bits per heavy atom. The van der Waals surface area contributed by atoms with Gasteiger partial charge in [-0.1, -0.05) is 12.1 Å². The maximum Gasteiger partial charge on any atom is 0.330 e. The summed E-state index contributed by atoms with van der Waals surface area (Å²) in [5, 5.41) is 20.6. The first-order valence-corrected chi connectivity index (χ1v) is 10.5. The van der Waals surface area contributed by atoms with E-state index in [1.807, 2.05) is 24.3 Å². The van der Waals surface area contributed by atoms with Gasteiger partial charge in [0.05, 0.1) is 25.6 Å². The fourth-order valence-electron chi connectivity index (χ4n) is 3.52. The third-order valence-corrected chi connectivity index (χ3v) is 6.55. The van der Waals surface area contributed by atoms with Crippen LogP contribution in [0.2, 0.25) is 0 Å². The van der Waals surface area contributed by atoms with Crippen molar-refractivity contribution in [2.45, 2.75) is 16.6 Å². The first kappa shape index (κ1) is 21.6. The number of methoxy groups -OCH3 is 2. The highest BCUT2D eigenvalue weighted by atomic mass is 32.2. The van der Waals surface area contributed by atoms with Gasteiger partial charge in [-0.15, -0.1) is 11.8 Å². The summed E-state index contributed by atoms with van der Waals surface area (Å²) in [6.45, 7) is 0. The smallest absolute Gasteiger partial charge is 0.330 e. The molecule has 10 heteroatoms. The molecule has 0 radical (unpaired) electrons. The van der Waals surface area contributed by atoms with Gasteiger partial charge in [-0.25, -0.2) is 4.79 Å². The molecule has 0 spiro atoms. The van der Waals surface area contributed by atoms with Crippen LogP contribution in [0.15, 0.2) is 55.9 Å². The van der Waals surface area contributed by atoms with E-state index >= 15 is 0 Å². The van der Waals surface area contributed by atoms with Crippen LogP contribution in [0.4, 0.5) is 5.69 Å². The molecule has 0 unspecified atom stereocenters. The lowest BCUT2D eigenvalue weighted by Crippen LogP contribution is -2.32. The number of phenolic OH excluding ortho intramolecular Hbond substituents is 1. The third-order valence-electron chi connectivity index (χ3n) is 5.22. The quantitative estimate of drug-likeness (QED) is 0.552. The van der Waals surface area contributed by atoms with Gasteiger partial charge in [-0.05, 0) is 29.8 Å². The Labute approximate surface area is 187 Å². The average molecular weight is 455 g/mol. The minimum absolute atomic E-state index is 0.0629. The van der Waals surface area contributed by atoms with Gasteiger partial charge in [0.2, 0.25) is 11.6 Å². The second-order valence-corrected chi connectivity index (χ2v) is 8.37. The van der Waals surface area contributed by atoms with Crippen molar-refractivity contribution in [3.8, 4) is 23.1 Å². The Morgan fingerprint density at radius 2 is 1.78 bits per heavy atom. The number of aromatic amines is 1. The number of hydrogen-bond donors (Lipinski definition) is 3. The third kappa shape index (κ3) is 3.73. The number of rotatable bonds is 4. The van der Waals surface area contributed by atoms with Gasteiger partial charge in [0.1, 0.15) is 5.56 Å². The van der Waals surface area contributed by atoms with Crippen molar-refractivity contribution in [2.75, 3.05) is 14.2 Å². The first-order valence-electron chi connectivity index (χ1n) is 9.64. The number of H-pyrrole nitrogens is 1. The number of nitrogens with one attached hydrogen (secondary N) is 1. The molecule has 1 aliphatic heterocycles. The maximum absolute atomic E-state index is 12.6. The fourth-order valence-corrected chi connectivity index (χ4v) is 4.73. The van der Waals surface area contributed by atoms with Crippen LogP contribution >= 0.6 is 11.8 Å². The van der Waals surface area contributed by atoms with Crippen LogP contribution in [-0.2, 0) is 7.05 Å². The van der Waals surface area contributed by atoms with E-state index in [-0.39, 0.29) is 34.5 Å². The molecule has 32 heavy (non-hydrogen) atoms. The number of phenols is 1. The number of hydrogen-bond acceptors (Lipinski definition) is 8. The molecule has 1 aliphatic rings. The summed E-state index contributed by atoms with van der Waals surface area (Å²) in [5.41, 5.74) is 0.241. The summed E-state index contributed by atoms with van der Waals surface area (Å²) in [7, 11) is 4.26. The number of aliphatic imine (C=N–C) groups is 1. The molecule has 4 rings (SSSR count). The lowest BCUT2D eigenvalue weighted by Gasteiger charge is -2.19. The van der Waals surface area contributed by atoms with E-state index in [2.05, 4.69) is 9.98 Å². The Balaban J connectivity index is 1.92. The van der Waals surface area contributed by atoms with Crippen LogP contribution in [0.5, 0.6) is 23.1 Å². The van der Waals surface area contributed by atoms with Crippen molar-refractivity contribution in [1.29, 1.82) is 0 Å². The van der Waals surface area contributed by atoms with Crippen LogP contribution in [0.25, 0.3) is 0 Å². The maximum atomic E-state index is 12.6. The number of aromatic nitrogens is 2. The van der Waals surface area contributed by atoms with Crippen molar-refractivity contribution in [3.05, 3.63) is 68.4 Å². The highest BCUT2D eigenvalue weighted by Crippen LogP contribution is 2.48. The summed E-state index contributed by atoms with van der Waals surface area (Å²) in [6.07, 6.45) is 0.255. The molecule has 2 aromatic carbocycles. The zero-order valence-electron chi connectivity index (χ0n) is 17.6. The zero-order chi connectivity index (χ0) is 23.0.